The second-order valence-corrected chi connectivity index (χ2v) is 6.80. The van der Waals surface area contributed by atoms with Crippen LogP contribution in [-0.2, 0) is 9.53 Å². The summed E-state index contributed by atoms with van der Waals surface area (Å²) in [4.78, 5) is 36.4. The third kappa shape index (κ3) is 2.75. The van der Waals surface area contributed by atoms with E-state index in [1.54, 1.807) is 22.8 Å². The normalized spacial score (nSPS) is 23.3. The molecule has 2 fully saturated rings. The first-order valence-corrected chi connectivity index (χ1v) is 7.89. The van der Waals surface area contributed by atoms with Crippen LogP contribution in [0.1, 0.15) is 51.2 Å². The Morgan fingerprint density at radius 3 is 2.74 bits per heavy atom. The molecule has 0 spiro atoms. The zero-order valence-electron chi connectivity index (χ0n) is 14.0. The molecule has 0 N–H and O–H groups in total. The van der Waals surface area contributed by atoms with E-state index >= 15 is 0 Å². The molecule has 23 heavy (non-hydrogen) atoms. The summed E-state index contributed by atoms with van der Waals surface area (Å²) in [6.45, 7) is 8.36. The highest BCUT2D eigenvalue weighted by Crippen LogP contribution is 2.33. The number of hydrogen-bond donors (Lipinski definition) is 0. The van der Waals surface area contributed by atoms with Gasteiger partial charge in [0.2, 0.25) is 5.91 Å². The number of aryl methyl sites for hydroxylation is 1. The molecule has 0 aromatic carbocycles. The molecule has 1 aromatic rings. The molecule has 3 rings (SSSR count). The zero-order valence-corrected chi connectivity index (χ0v) is 14.0. The van der Waals surface area contributed by atoms with Crippen LogP contribution < -0.4 is 4.90 Å². The Morgan fingerprint density at radius 2 is 2.13 bits per heavy atom. The molecule has 2 aliphatic rings. The number of nitrogens with zero attached hydrogens (tertiary/aromatic N) is 4. The number of likely N-dealkylation sites (tertiary alicyclic amines) is 1. The Bertz CT molecular complexity index is 659. The van der Waals surface area contributed by atoms with Crippen LogP contribution in [0.15, 0.2) is 6.07 Å². The molecule has 1 unspecified atom stereocenters. The van der Waals surface area contributed by atoms with Crippen molar-refractivity contribution in [1.82, 2.24) is 14.9 Å². The lowest BCUT2D eigenvalue weighted by Gasteiger charge is -2.28. The number of cyclic esters (lactones) is 1. The Kier molecular flexibility index (Phi) is 3.74. The Balaban J connectivity index is 2.00. The summed E-state index contributed by atoms with van der Waals surface area (Å²) in [7, 11) is 0. The van der Waals surface area contributed by atoms with Crippen LogP contribution in [0.25, 0.3) is 0 Å². The maximum atomic E-state index is 12.1. The first-order valence-electron chi connectivity index (χ1n) is 7.89. The summed E-state index contributed by atoms with van der Waals surface area (Å²) < 4.78 is 5.16. The average Bonchev–Trinajstić information content (AvgIpc) is 3.03. The number of hydrogen-bond acceptors (Lipinski definition) is 5. The van der Waals surface area contributed by atoms with E-state index in [9.17, 15) is 9.59 Å². The lowest BCUT2D eigenvalue weighted by Crippen LogP contribution is -2.43. The van der Waals surface area contributed by atoms with Crippen molar-refractivity contribution < 1.29 is 14.3 Å². The molecule has 1 atom stereocenters. The number of rotatable bonds is 2. The van der Waals surface area contributed by atoms with E-state index in [0.29, 0.717) is 18.2 Å². The lowest BCUT2D eigenvalue weighted by atomic mass is 10.1. The van der Waals surface area contributed by atoms with Gasteiger partial charge in [-0.1, -0.05) is 0 Å². The van der Waals surface area contributed by atoms with Gasteiger partial charge in [-0.15, -0.1) is 0 Å². The van der Waals surface area contributed by atoms with Gasteiger partial charge in [-0.05, 0) is 33.6 Å². The van der Waals surface area contributed by atoms with Crippen LogP contribution in [0, 0.1) is 6.92 Å². The van der Waals surface area contributed by atoms with E-state index < -0.39 is 11.6 Å². The molecule has 1 aromatic heterocycles. The molecule has 0 radical (unpaired) electrons. The molecular weight excluding hydrogens is 296 g/mol. The first kappa shape index (κ1) is 15.7. The molecule has 0 aliphatic carbocycles. The van der Waals surface area contributed by atoms with Crippen molar-refractivity contribution >= 4 is 17.8 Å². The minimum Gasteiger partial charge on any atom is -0.447 e. The second kappa shape index (κ2) is 5.47. The van der Waals surface area contributed by atoms with Crippen molar-refractivity contribution in [2.45, 2.75) is 52.1 Å². The summed E-state index contributed by atoms with van der Waals surface area (Å²) in [6.07, 6.45) is 1.39. The minimum absolute atomic E-state index is 0.0278. The summed E-state index contributed by atoms with van der Waals surface area (Å²) in [5.74, 6) is 1.17. The minimum atomic E-state index is -0.453. The van der Waals surface area contributed by atoms with Crippen molar-refractivity contribution in [3.8, 4) is 0 Å². The summed E-state index contributed by atoms with van der Waals surface area (Å²) in [6, 6.07) is 1.66. The van der Waals surface area contributed by atoms with Gasteiger partial charge in [-0.25, -0.2) is 14.8 Å². The summed E-state index contributed by atoms with van der Waals surface area (Å²) in [5.41, 5.74) is 0.321. The fraction of sp³-hybridized carbons (Fsp3) is 0.625. The quantitative estimate of drug-likeness (QED) is 0.835. The highest BCUT2D eigenvalue weighted by atomic mass is 16.6. The van der Waals surface area contributed by atoms with Gasteiger partial charge in [0.1, 0.15) is 12.4 Å². The van der Waals surface area contributed by atoms with Crippen molar-refractivity contribution in [2.24, 2.45) is 0 Å². The number of carbonyl (C=O) groups is 2. The van der Waals surface area contributed by atoms with Gasteiger partial charge in [-0.2, -0.15) is 0 Å². The van der Waals surface area contributed by atoms with E-state index in [0.717, 1.165) is 25.1 Å². The third-order valence-electron chi connectivity index (χ3n) is 4.38. The molecule has 2 saturated heterocycles. The van der Waals surface area contributed by atoms with Crippen LogP contribution in [0.4, 0.5) is 10.6 Å². The maximum absolute atomic E-state index is 12.1. The monoisotopic (exact) mass is 318 g/mol. The summed E-state index contributed by atoms with van der Waals surface area (Å²) in [5, 5.41) is 0. The van der Waals surface area contributed by atoms with Gasteiger partial charge in [0.05, 0.1) is 11.6 Å². The fourth-order valence-corrected chi connectivity index (χ4v) is 3.27. The molecule has 124 valence electrons. The van der Waals surface area contributed by atoms with Crippen LogP contribution >= 0.6 is 0 Å². The lowest BCUT2D eigenvalue weighted by molar-refractivity contribution is -0.129. The van der Waals surface area contributed by atoms with Gasteiger partial charge in [-0.3, -0.25) is 9.69 Å². The third-order valence-corrected chi connectivity index (χ3v) is 4.38. The van der Waals surface area contributed by atoms with E-state index in [1.165, 1.54) is 0 Å². The van der Waals surface area contributed by atoms with Crippen LogP contribution in [0.5, 0.6) is 0 Å². The molecule has 0 saturated carbocycles. The SMILES string of the molecule is CC(=O)N1CCCC1c1nc(C)cc(N2C(=O)OCC2(C)C)n1. The van der Waals surface area contributed by atoms with Crippen LogP contribution in [0.2, 0.25) is 0 Å². The van der Waals surface area contributed by atoms with Crippen molar-refractivity contribution in [3.05, 3.63) is 17.6 Å². The van der Waals surface area contributed by atoms with Gasteiger partial charge >= 0.3 is 6.09 Å². The molecule has 7 heteroatoms. The molecule has 2 amide bonds. The van der Waals surface area contributed by atoms with Crippen molar-refractivity contribution in [3.63, 3.8) is 0 Å². The standard InChI is InChI=1S/C16H22N4O3/c1-10-8-13(20-15(22)23-9-16(20,3)4)18-14(17-10)12-6-5-7-19(12)11(2)21/h8,12H,5-7,9H2,1-4H3. The van der Waals surface area contributed by atoms with E-state index in [4.69, 9.17) is 4.74 Å². The topological polar surface area (TPSA) is 75.6 Å². The van der Waals surface area contributed by atoms with Gasteiger partial charge in [0.25, 0.3) is 0 Å². The smallest absolute Gasteiger partial charge is 0.416 e. The molecule has 3 heterocycles. The average molecular weight is 318 g/mol. The molecular formula is C16H22N4O3. The van der Waals surface area contributed by atoms with Crippen molar-refractivity contribution in [2.75, 3.05) is 18.1 Å². The highest BCUT2D eigenvalue weighted by Gasteiger charge is 2.42. The number of aromatic nitrogens is 2. The van der Waals surface area contributed by atoms with E-state index in [2.05, 4.69) is 9.97 Å². The molecule has 0 bridgehead atoms. The number of amides is 2. The Hall–Kier alpha value is -2.18. The number of anilines is 1. The zero-order chi connectivity index (χ0) is 16.8. The van der Waals surface area contributed by atoms with Gasteiger partial charge in [0.15, 0.2) is 5.82 Å². The second-order valence-electron chi connectivity index (χ2n) is 6.80. The Labute approximate surface area is 135 Å². The number of ether oxygens (including phenoxy) is 1. The predicted molar refractivity (Wildman–Crippen MR) is 84.0 cm³/mol. The largest absolute Gasteiger partial charge is 0.447 e. The van der Waals surface area contributed by atoms with Crippen LogP contribution in [0.3, 0.4) is 0 Å². The van der Waals surface area contributed by atoms with E-state index in [1.807, 2.05) is 20.8 Å². The fourth-order valence-electron chi connectivity index (χ4n) is 3.27. The van der Waals surface area contributed by atoms with Gasteiger partial charge < -0.3 is 9.64 Å². The van der Waals surface area contributed by atoms with Gasteiger partial charge in [0, 0.05) is 25.2 Å². The Morgan fingerprint density at radius 1 is 1.39 bits per heavy atom. The first-order chi connectivity index (χ1) is 10.8. The molecule has 7 nitrogen and oxygen atoms in total. The summed E-state index contributed by atoms with van der Waals surface area (Å²) >= 11 is 0. The number of carbonyl (C=O) groups excluding carboxylic acids is 2. The van der Waals surface area contributed by atoms with Crippen LogP contribution in [-0.4, -0.2) is 45.6 Å². The maximum Gasteiger partial charge on any atom is 0.416 e. The highest BCUT2D eigenvalue weighted by molar-refractivity contribution is 5.90. The predicted octanol–water partition coefficient (Wildman–Crippen LogP) is 2.20. The molecule has 2 aliphatic heterocycles. The van der Waals surface area contributed by atoms with E-state index in [-0.39, 0.29) is 11.9 Å². The van der Waals surface area contributed by atoms with Crippen molar-refractivity contribution in [1.29, 1.82) is 0 Å².